The van der Waals surface area contributed by atoms with Crippen molar-refractivity contribution in [1.29, 1.82) is 5.41 Å². The number of methoxy groups -OCH3 is 1. The van der Waals surface area contributed by atoms with Gasteiger partial charge in [-0.15, -0.1) is 0 Å². The molecule has 92 valence electrons. The molecule has 0 spiro atoms. The third kappa shape index (κ3) is 2.87. The molecule has 4 heteroatoms. The van der Waals surface area contributed by atoms with E-state index in [4.69, 9.17) is 21.7 Å². The summed E-state index contributed by atoms with van der Waals surface area (Å²) in [6.45, 7) is 0. The largest absolute Gasteiger partial charge is 0.494 e. The number of halogens is 1. The van der Waals surface area contributed by atoms with Gasteiger partial charge >= 0.3 is 0 Å². The fraction of sp³-hybridized carbons (Fsp3) is 0.143. The minimum Gasteiger partial charge on any atom is -0.494 e. The second-order valence-electron chi connectivity index (χ2n) is 3.84. The molecule has 0 radical (unpaired) electrons. The number of ether oxygens (including phenoxy) is 1. The SMILES string of the molecule is COc1cccnc1C(=N)Cc1ccc(Cl)cc1. The Morgan fingerprint density at radius 3 is 2.67 bits per heavy atom. The number of hydrogen-bond acceptors (Lipinski definition) is 3. The fourth-order valence-corrected chi connectivity index (χ4v) is 1.80. The summed E-state index contributed by atoms with van der Waals surface area (Å²) in [6, 6.07) is 11.1. The lowest BCUT2D eigenvalue weighted by molar-refractivity contribution is 0.411. The highest BCUT2D eigenvalue weighted by Gasteiger charge is 2.10. The summed E-state index contributed by atoms with van der Waals surface area (Å²) in [5.74, 6) is 0.622. The van der Waals surface area contributed by atoms with E-state index in [1.165, 1.54) is 0 Å². The first-order chi connectivity index (χ1) is 8.70. The minimum atomic E-state index is 0.426. The van der Waals surface area contributed by atoms with Crippen LogP contribution in [0.15, 0.2) is 42.6 Å². The van der Waals surface area contributed by atoms with Gasteiger partial charge in [-0.25, -0.2) is 0 Å². The molecule has 0 aliphatic carbocycles. The van der Waals surface area contributed by atoms with E-state index in [0.717, 1.165) is 5.56 Å². The van der Waals surface area contributed by atoms with Gasteiger partial charge in [-0.05, 0) is 29.8 Å². The molecule has 18 heavy (non-hydrogen) atoms. The Morgan fingerprint density at radius 1 is 1.28 bits per heavy atom. The van der Waals surface area contributed by atoms with Crippen LogP contribution in [-0.2, 0) is 6.42 Å². The van der Waals surface area contributed by atoms with Crippen molar-refractivity contribution in [3.05, 3.63) is 58.9 Å². The lowest BCUT2D eigenvalue weighted by Crippen LogP contribution is -2.08. The van der Waals surface area contributed by atoms with Crippen LogP contribution >= 0.6 is 11.6 Å². The fourth-order valence-electron chi connectivity index (χ4n) is 1.67. The van der Waals surface area contributed by atoms with Crippen molar-refractivity contribution >= 4 is 17.3 Å². The van der Waals surface area contributed by atoms with E-state index in [0.29, 0.717) is 28.6 Å². The molecule has 0 atom stereocenters. The molecule has 0 aliphatic rings. The Morgan fingerprint density at radius 2 is 2.00 bits per heavy atom. The minimum absolute atomic E-state index is 0.426. The molecule has 0 saturated heterocycles. The molecule has 2 aromatic rings. The van der Waals surface area contributed by atoms with E-state index in [9.17, 15) is 0 Å². The van der Waals surface area contributed by atoms with Gasteiger partial charge in [0, 0.05) is 17.6 Å². The normalized spacial score (nSPS) is 10.1. The second-order valence-corrected chi connectivity index (χ2v) is 4.27. The quantitative estimate of drug-likeness (QED) is 0.857. The average Bonchev–Trinajstić information content (AvgIpc) is 2.41. The van der Waals surface area contributed by atoms with Gasteiger partial charge in [0.2, 0.25) is 0 Å². The Balaban J connectivity index is 2.19. The highest BCUT2D eigenvalue weighted by Crippen LogP contribution is 2.17. The molecular weight excluding hydrogens is 248 g/mol. The zero-order valence-electron chi connectivity index (χ0n) is 9.98. The third-order valence-electron chi connectivity index (χ3n) is 2.57. The molecule has 1 aromatic carbocycles. The Bertz CT molecular complexity index is 552. The van der Waals surface area contributed by atoms with Gasteiger partial charge < -0.3 is 10.1 Å². The molecule has 0 aliphatic heterocycles. The summed E-state index contributed by atoms with van der Waals surface area (Å²) in [4.78, 5) is 4.19. The number of nitrogens with zero attached hydrogens (tertiary/aromatic N) is 1. The molecule has 1 N–H and O–H groups in total. The molecule has 0 amide bonds. The molecular formula is C14H13ClN2O. The monoisotopic (exact) mass is 260 g/mol. The first-order valence-corrected chi connectivity index (χ1v) is 5.89. The van der Waals surface area contributed by atoms with E-state index in [1.807, 2.05) is 24.3 Å². The maximum atomic E-state index is 8.09. The molecule has 3 nitrogen and oxygen atoms in total. The number of nitrogens with one attached hydrogen (secondary N) is 1. The van der Waals surface area contributed by atoms with Crippen LogP contribution in [0.5, 0.6) is 5.75 Å². The molecule has 1 aromatic heterocycles. The number of hydrogen-bond donors (Lipinski definition) is 1. The lowest BCUT2D eigenvalue weighted by atomic mass is 10.1. The van der Waals surface area contributed by atoms with Crippen molar-refractivity contribution in [2.75, 3.05) is 7.11 Å². The van der Waals surface area contributed by atoms with E-state index in [2.05, 4.69) is 4.98 Å². The van der Waals surface area contributed by atoms with Crippen molar-refractivity contribution in [2.45, 2.75) is 6.42 Å². The first kappa shape index (κ1) is 12.6. The zero-order chi connectivity index (χ0) is 13.0. The maximum Gasteiger partial charge on any atom is 0.146 e. The van der Waals surface area contributed by atoms with E-state index in [1.54, 1.807) is 25.4 Å². The van der Waals surface area contributed by atoms with Gasteiger partial charge in [0.05, 0.1) is 12.8 Å². The highest BCUT2D eigenvalue weighted by molar-refractivity contribution is 6.30. The van der Waals surface area contributed by atoms with E-state index in [-0.39, 0.29) is 0 Å². The van der Waals surface area contributed by atoms with Gasteiger partial charge in [-0.2, -0.15) is 0 Å². The van der Waals surface area contributed by atoms with E-state index >= 15 is 0 Å². The summed E-state index contributed by atoms with van der Waals surface area (Å²) in [5, 5.41) is 8.78. The number of pyridine rings is 1. The summed E-state index contributed by atoms with van der Waals surface area (Å²) in [6.07, 6.45) is 2.17. The lowest BCUT2D eigenvalue weighted by Gasteiger charge is -2.08. The smallest absolute Gasteiger partial charge is 0.146 e. The van der Waals surface area contributed by atoms with Gasteiger partial charge in [-0.3, -0.25) is 4.98 Å². The number of aromatic nitrogens is 1. The molecule has 0 unspecified atom stereocenters. The van der Waals surface area contributed by atoms with Crippen molar-refractivity contribution in [3.8, 4) is 5.75 Å². The van der Waals surface area contributed by atoms with Crippen LogP contribution in [0.2, 0.25) is 5.02 Å². The molecule has 2 rings (SSSR count). The first-order valence-electron chi connectivity index (χ1n) is 5.52. The van der Waals surface area contributed by atoms with Gasteiger partial charge in [0.1, 0.15) is 11.4 Å². The third-order valence-corrected chi connectivity index (χ3v) is 2.82. The average molecular weight is 261 g/mol. The molecule has 1 heterocycles. The predicted octanol–water partition coefficient (Wildman–Crippen LogP) is 3.35. The van der Waals surface area contributed by atoms with Crippen molar-refractivity contribution in [2.24, 2.45) is 0 Å². The van der Waals surface area contributed by atoms with Gasteiger partial charge in [0.25, 0.3) is 0 Å². The Hall–Kier alpha value is -1.87. The molecule has 0 bridgehead atoms. The predicted molar refractivity (Wildman–Crippen MR) is 72.8 cm³/mol. The Labute approximate surface area is 111 Å². The second kappa shape index (κ2) is 5.65. The van der Waals surface area contributed by atoms with Crippen molar-refractivity contribution in [1.82, 2.24) is 4.98 Å². The van der Waals surface area contributed by atoms with Crippen LogP contribution in [0.3, 0.4) is 0 Å². The van der Waals surface area contributed by atoms with Gasteiger partial charge in [0.15, 0.2) is 0 Å². The molecule has 0 saturated carbocycles. The number of rotatable bonds is 4. The zero-order valence-corrected chi connectivity index (χ0v) is 10.7. The van der Waals surface area contributed by atoms with Gasteiger partial charge in [-0.1, -0.05) is 23.7 Å². The van der Waals surface area contributed by atoms with E-state index < -0.39 is 0 Å². The van der Waals surface area contributed by atoms with Crippen LogP contribution in [-0.4, -0.2) is 17.8 Å². The summed E-state index contributed by atoms with van der Waals surface area (Å²) in [5.41, 5.74) is 2.03. The Kier molecular flexibility index (Phi) is 3.95. The maximum absolute atomic E-state index is 8.09. The van der Waals surface area contributed by atoms with Crippen LogP contribution in [0.25, 0.3) is 0 Å². The summed E-state index contributed by atoms with van der Waals surface area (Å²) in [7, 11) is 1.58. The van der Waals surface area contributed by atoms with Crippen LogP contribution in [0, 0.1) is 5.41 Å². The summed E-state index contributed by atoms with van der Waals surface area (Å²) >= 11 is 5.83. The topological polar surface area (TPSA) is 46.0 Å². The van der Waals surface area contributed by atoms with Crippen LogP contribution < -0.4 is 4.74 Å². The van der Waals surface area contributed by atoms with Crippen molar-refractivity contribution < 1.29 is 4.74 Å². The van der Waals surface area contributed by atoms with Crippen molar-refractivity contribution in [3.63, 3.8) is 0 Å². The highest BCUT2D eigenvalue weighted by atomic mass is 35.5. The van der Waals surface area contributed by atoms with Crippen LogP contribution in [0.4, 0.5) is 0 Å². The molecule has 0 fully saturated rings. The summed E-state index contributed by atoms with van der Waals surface area (Å²) < 4.78 is 5.20. The van der Waals surface area contributed by atoms with Crippen LogP contribution in [0.1, 0.15) is 11.3 Å². The standard InChI is InChI=1S/C14H13ClN2O/c1-18-13-3-2-8-17-14(13)12(16)9-10-4-6-11(15)7-5-10/h2-8,16H,9H2,1H3. The number of benzene rings is 1.